The van der Waals surface area contributed by atoms with Crippen molar-refractivity contribution in [3.8, 4) is 171 Å². The smallest absolute Gasteiger partial charge is 0.208 e. The highest BCUT2D eigenvalue weighted by Gasteiger charge is 2.40. The van der Waals surface area contributed by atoms with Crippen molar-refractivity contribution >= 4 is 43.5 Å². The largest absolute Gasteiger partial charge is 0.506 e. The van der Waals surface area contributed by atoms with E-state index in [1.807, 2.05) is 0 Å². The van der Waals surface area contributed by atoms with Crippen molar-refractivity contribution in [3.05, 3.63) is 0 Å². The number of furan rings is 1. The van der Waals surface area contributed by atoms with Gasteiger partial charge in [0.15, 0.2) is 80.2 Å². The van der Waals surface area contributed by atoms with Crippen LogP contribution in [0.1, 0.15) is 0 Å². The Balaban J connectivity index is 1.69. The lowest BCUT2D eigenvalue weighted by Crippen LogP contribution is -1.97. The summed E-state index contributed by atoms with van der Waals surface area (Å²) in [5, 5.41) is 255. The number of benzene rings is 7. The summed E-state index contributed by atoms with van der Waals surface area (Å²) in [5.41, 5.74) is -10.6. The van der Waals surface area contributed by atoms with E-state index in [4.69, 9.17) is 4.42 Å². The molecule has 0 atom stereocenters. The van der Waals surface area contributed by atoms with Crippen molar-refractivity contribution < 1.29 is 127 Å². The number of aromatic hydroxyl groups is 24. The summed E-state index contributed by atoms with van der Waals surface area (Å²) in [6.45, 7) is 0. The van der Waals surface area contributed by atoms with Gasteiger partial charge in [0.25, 0.3) is 0 Å². The van der Waals surface area contributed by atoms with Crippen LogP contribution in [-0.2, 0) is 0 Å². The molecule has 63 heavy (non-hydrogen) atoms. The van der Waals surface area contributed by atoms with Crippen LogP contribution >= 0.6 is 0 Å². The molecular formula is C38H24O25. The van der Waals surface area contributed by atoms with Gasteiger partial charge in [-0.25, -0.2) is 0 Å². The standard InChI is InChI=1S/C38H24O25/c39-13-7(24(50)35(61)37-11(13)12-25(51)32(58)34(60)36(62)38(12)63-37)1-3-5(16(42)28(54)26(52)14(3)40)2(6-4(1)15(41)27(53)29(55)17(6)43)8-18(44)20(46)9(21(47)19(8)45)10-22(48)30(56)33(59)31(57)23(10)49/h39-62H. The zero-order chi connectivity index (χ0) is 46.6. The van der Waals surface area contributed by atoms with Gasteiger partial charge in [-0.2, -0.15) is 0 Å². The van der Waals surface area contributed by atoms with E-state index < -0.39 is 215 Å². The molecule has 25 nitrogen and oxygen atoms in total. The summed E-state index contributed by atoms with van der Waals surface area (Å²) in [7, 11) is 0. The Morgan fingerprint density at radius 2 is 0.317 bits per heavy atom. The molecule has 0 amide bonds. The monoisotopic (exact) mass is 880 g/mol. The minimum atomic E-state index is -1.83. The zero-order valence-corrected chi connectivity index (χ0v) is 30.1. The minimum Gasteiger partial charge on any atom is -0.506 e. The van der Waals surface area contributed by atoms with E-state index in [-0.39, 0.29) is 0 Å². The summed E-state index contributed by atoms with van der Waals surface area (Å²) in [5.74, 6) is -39.3. The lowest BCUT2D eigenvalue weighted by atomic mass is 9.81. The van der Waals surface area contributed by atoms with Gasteiger partial charge in [-0.3, -0.25) is 0 Å². The molecule has 0 aliphatic heterocycles. The summed E-state index contributed by atoms with van der Waals surface area (Å²) in [6, 6.07) is 0. The third-order valence-corrected chi connectivity index (χ3v) is 10.5. The van der Waals surface area contributed by atoms with Crippen LogP contribution in [0.2, 0.25) is 0 Å². The van der Waals surface area contributed by atoms with Crippen molar-refractivity contribution in [2.24, 2.45) is 0 Å². The number of hydrogen-bond acceptors (Lipinski definition) is 25. The van der Waals surface area contributed by atoms with Crippen LogP contribution in [0.5, 0.6) is 138 Å². The molecule has 326 valence electrons. The second kappa shape index (κ2) is 12.3. The van der Waals surface area contributed by atoms with Crippen LogP contribution in [0.15, 0.2) is 4.42 Å². The Kier molecular flexibility index (Phi) is 7.78. The van der Waals surface area contributed by atoms with E-state index >= 15 is 0 Å². The second-order valence-electron chi connectivity index (χ2n) is 13.6. The molecule has 1 heterocycles. The quantitative estimate of drug-likeness (QED) is 0.0681. The summed E-state index contributed by atoms with van der Waals surface area (Å²) < 4.78 is 5.26. The number of hydrogen-bond donors (Lipinski definition) is 24. The van der Waals surface area contributed by atoms with E-state index in [1.54, 1.807) is 0 Å². The van der Waals surface area contributed by atoms with Gasteiger partial charge in [0.05, 0.1) is 33.0 Å². The van der Waals surface area contributed by atoms with Crippen LogP contribution in [0.4, 0.5) is 0 Å². The molecule has 0 saturated heterocycles. The Morgan fingerprint density at radius 3 is 0.651 bits per heavy atom. The van der Waals surface area contributed by atoms with E-state index in [2.05, 4.69) is 0 Å². The van der Waals surface area contributed by atoms with Gasteiger partial charge >= 0.3 is 0 Å². The third-order valence-electron chi connectivity index (χ3n) is 10.5. The van der Waals surface area contributed by atoms with E-state index in [0.29, 0.717) is 0 Å². The fourth-order valence-corrected chi connectivity index (χ4v) is 7.58. The maximum absolute atomic E-state index is 11.9. The molecule has 1 aromatic heterocycles. The van der Waals surface area contributed by atoms with Gasteiger partial charge in [-0.15, -0.1) is 0 Å². The van der Waals surface area contributed by atoms with E-state index in [0.717, 1.165) is 0 Å². The molecule has 0 spiro atoms. The van der Waals surface area contributed by atoms with Crippen LogP contribution in [0, 0.1) is 0 Å². The van der Waals surface area contributed by atoms with Crippen LogP contribution in [-0.4, -0.2) is 123 Å². The van der Waals surface area contributed by atoms with Gasteiger partial charge in [0, 0.05) is 32.7 Å². The molecule has 7 aromatic carbocycles. The summed E-state index contributed by atoms with van der Waals surface area (Å²) in [6.07, 6.45) is 0. The first kappa shape index (κ1) is 39.9. The predicted molar refractivity (Wildman–Crippen MR) is 205 cm³/mol. The van der Waals surface area contributed by atoms with Gasteiger partial charge in [-0.05, 0) is 0 Å². The fraction of sp³-hybridized carbons (Fsp3) is 0. The molecule has 0 radical (unpaired) electrons. The lowest BCUT2D eigenvalue weighted by Gasteiger charge is -2.24. The molecule has 8 rings (SSSR count). The van der Waals surface area contributed by atoms with Crippen molar-refractivity contribution in [1.82, 2.24) is 0 Å². The molecular weight excluding hydrogens is 856 g/mol. The van der Waals surface area contributed by atoms with Crippen molar-refractivity contribution in [3.63, 3.8) is 0 Å². The number of fused-ring (bicyclic) bond motifs is 5. The zero-order valence-electron chi connectivity index (χ0n) is 30.1. The molecule has 0 bridgehead atoms. The molecule has 0 fully saturated rings. The summed E-state index contributed by atoms with van der Waals surface area (Å²) in [4.78, 5) is 0. The van der Waals surface area contributed by atoms with Crippen LogP contribution in [0.25, 0.3) is 76.9 Å². The van der Waals surface area contributed by atoms with E-state index in [9.17, 15) is 123 Å². The Morgan fingerprint density at radius 1 is 0.143 bits per heavy atom. The lowest BCUT2D eigenvalue weighted by molar-refractivity contribution is 0.329. The molecule has 8 aromatic rings. The normalized spacial score (nSPS) is 11.7. The Bertz CT molecular complexity index is 3350. The van der Waals surface area contributed by atoms with Crippen molar-refractivity contribution in [2.45, 2.75) is 0 Å². The number of phenols is 24. The van der Waals surface area contributed by atoms with Gasteiger partial charge in [-0.1, -0.05) is 0 Å². The fourth-order valence-electron chi connectivity index (χ4n) is 7.58. The number of phenolic OH excluding ortho intramolecular Hbond substituents is 24. The van der Waals surface area contributed by atoms with Gasteiger partial charge in [0.2, 0.25) is 63.2 Å². The average Bonchev–Trinajstić information content (AvgIpc) is 3.67. The maximum atomic E-state index is 11.9. The van der Waals surface area contributed by atoms with Crippen molar-refractivity contribution in [1.29, 1.82) is 0 Å². The average molecular weight is 881 g/mol. The molecule has 24 N–H and O–H groups in total. The predicted octanol–water partition coefficient (Wildman–Crippen LogP) is 3.83. The molecule has 0 aliphatic rings. The highest BCUT2D eigenvalue weighted by atomic mass is 16.4. The topological polar surface area (TPSA) is 499 Å². The number of rotatable bonds is 3. The van der Waals surface area contributed by atoms with Gasteiger partial charge in [0.1, 0.15) is 5.75 Å². The third kappa shape index (κ3) is 4.51. The summed E-state index contributed by atoms with van der Waals surface area (Å²) >= 11 is 0. The minimum absolute atomic E-state index is 0.953. The molecule has 25 heteroatoms. The van der Waals surface area contributed by atoms with Crippen LogP contribution < -0.4 is 0 Å². The maximum Gasteiger partial charge on any atom is 0.208 e. The van der Waals surface area contributed by atoms with Crippen molar-refractivity contribution in [2.75, 3.05) is 0 Å². The Labute approximate surface area is 341 Å². The van der Waals surface area contributed by atoms with E-state index in [1.165, 1.54) is 0 Å². The highest BCUT2D eigenvalue weighted by Crippen LogP contribution is 2.69. The van der Waals surface area contributed by atoms with Crippen LogP contribution in [0.3, 0.4) is 0 Å². The first-order valence-corrected chi connectivity index (χ1v) is 16.8. The first-order valence-electron chi connectivity index (χ1n) is 16.8. The first-order chi connectivity index (χ1) is 29.3. The second-order valence-corrected chi connectivity index (χ2v) is 13.6. The molecule has 0 unspecified atom stereocenters. The Hall–Kier alpha value is -9.94. The SMILES string of the molecule is Oc1c(O)c(O)c(-c2c(O)c(O)c(-c3c4c(O)c(O)c(O)c(O)c4c(-c4c(O)c(O)c5oc6c(O)c(O)c(O)c(O)c6c5c4O)c4c(O)c(O)c(O)c(O)c34)c(O)c2O)c(O)c1O. The highest BCUT2D eigenvalue weighted by molar-refractivity contribution is 6.32. The molecule has 0 aliphatic carbocycles. The molecule has 0 saturated carbocycles. The van der Waals surface area contributed by atoms with Gasteiger partial charge < -0.3 is 127 Å².